The zero-order valence-electron chi connectivity index (χ0n) is 60.6. The number of esters is 4. The molecule has 0 N–H and O–H groups in total. The predicted molar refractivity (Wildman–Crippen MR) is 425 cm³/mol. The summed E-state index contributed by atoms with van der Waals surface area (Å²) in [5.41, 5.74) is 4.98. The van der Waals surface area contributed by atoms with Crippen molar-refractivity contribution in [1.29, 1.82) is 0 Å². The van der Waals surface area contributed by atoms with Gasteiger partial charge in [0, 0.05) is 124 Å². The van der Waals surface area contributed by atoms with Crippen LogP contribution in [0.15, 0.2) is 182 Å². The van der Waals surface area contributed by atoms with Gasteiger partial charge in [0.15, 0.2) is 0 Å². The van der Waals surface area contributed by atoms with Gasteiger partial charge in [0.1, 0.15) is 23.0 Å². The average Bonchev–Trinajstić information content (AvgIpc) is 0.688. The van der Waals surface area contributed by atoms with Gasteiger partial charge < -0.3 is 18.9 Å². The van der Waals surface area contributed by atoms with Gasteiger partial charge in [0.05, 0.1) is 22.3 Å². The molecule has 6 aliphatic rings. The first kappa shape index (κ1) is 65.0. The smallest absolute Gasteiger partial charge is 0.346 e. The number of cyclic esters (lactones) is 4. The maximum absolute atomic E-state index is 14.7. The number of hydrogen-bond donors (Lipinski definition) is 0. The van der Waals surface area contributed by atoms with Crippen LogP contribution in [0.2, 0.25) is 0 Å². The molecular formula is C94H52N4O16. The molecule has 20 heteroatoms. The molecular weight excluding hydrogens is 1440 g/mol. The third-order valence-electron chi connectivity index (χ3n) is 24.4. The topological polar surface area (TPSA) is 255 Å². The first-order valence-electron chi connectivity index (χ1n) is 37.4. The molecule has 0 atom stereocenters. The van der Waals surface area contributed by atoms with Crippen molar-refractivity contribution in [2.24, 2.45) is 0 Å². The number of ether oxygens (including phenoxy) is 4. The second-order valence-electron chi connectivity index (χ2n) is 30.7. The molecule has 0 unspecified atom stereocenters. The minimum atomic E-state index is -0.920. The first-order chi connectivity index (χ1) is 55.2. The zero-order valence-corrected chi connectivity index (χ0v) is 60.6. The number of nitrogens with zero attached hydrogens (tertiary/aromatic N) is 4. The van der Waals surface area contributed by atoms with Crippen molar-refractivity contribution in [2.45, 2.75) is 52.6 Å². The van der Waals surface area contributed by atoms with E-state index >= 15 is 0 Å². The Hall–Kier alpha value is -14.9. The Labute approximate surface area is 641 Å². The van der Waals surface area contributed by atoms with Crippen LogP contribution in [0.4, 0.5) is 0 Å². The third-order valence-corrected chi connectivity index (χ3v) is 24.4. The monoisotopic (exact) mass is 1490 g/mol. The highest BCUT2D eigenvalue weighted by molar-refractivity contribution is 6.46. The SMILES string of the molecule is CC(C)N1C(=O)c2ccc3c4ccc5c6c(ccc(c7ccc(c2c37)C1=O)c64)C(=O)N(CCc1ccc(Oc2cc3c4c(ccc6c7c(Oc8ccc(CCN9C(=O)c%10ccc%11c%12ccc%13c%14c(ccc(c%15ccc(c%10c%11%15)C9=O)c%14%12)C(=O)N(C(C)C)C%13=O)cc8)cc8c9c(ccc(c2c46)c97)C(=O)OC8=O)C(=O)OC3=O)cc1)C5=O. The summed E-state index contributed by atoms with van der Waals surface area (Å²) < 4.78 is 24.4. The highest BCUT2D eigenvalue weighted by atomic mass is 16.6. The maximum atomic E-state index is 14.7. The number of imide groups is 4. The van der Waals surface area contributed by atoms with Gasteiger partial charge in [-0.05, 0) is 224 Å². The molecule has 0 radical (unpaired) electrons. The summed E-state index contributed by atoms with van der Waals surface area (Å²) in [6.07, 6.45) is 0.506. The fourth-order valence-electron chi connectivity index (χ4n) is 19.4. The fourth-order valence-corrected chi connectivity index (χ4v) is 19.4. The molecule has 23 rings (SSSR count). The van der Waals surface area contributed by atoms with Crippen molar-refractivity contribution in [3.05, 3.63) is 260 Å². The molecule has 544 valence electrons. The van der Waals surface area contributed by atoms with Crippen LogP contribution >= 0.6 is 0 Å². The number of amides is 8. The molecule has 0 saturated carbocycles. The van der Waals surface area contributed by atoms with Crippen LogP contribution in [0.25, 0.3) is 129 Å². The molecule has 0 aliphatic carbocycles. The molecule has 0 bridgehead atoms. The molecule has 0 saturated heterocycles. The molecule has 6 heterocycles. The van der Waals surface area contributed by atoms with E-state index in [2.05, 4.69) is 0 Å². The Morgan fingerprint density at radius 1 is 0.246 bits per heavy atom. The minimum Gasteiger partial charge on any atom is -0.457 e. The number of rotatable bonds is 12. The predicted octanol–water partition coefficient (Wildman–Crippen LogP) is 17.7. The number of carbonyl (C=O) groups is 12. The van der Waals surface area contributed by atoms with Crippen LogP contribution in [-0.2, 0) is 22.3 Å². The van der Waals surface area contributed by atoms with Gasteiger partial charge in [-0.1, -0.05) is 84.9 Å². The van der Waals surface area contributed by atoms with Gasteiger partial charge in [-0.3, -0.25) is 58.0 Å². The second kappa shape index (κ2) is 22.4. The van der Waals surface area contributed by atoms with Crippen molar-refractivity contribution >= 4 is 200 Å². The Bertz CT molecular complexity index is 7010. The maximum Gasteiger partial charge on any atom is 0.346 e. The lowest BCUT2D eigenvalue weighted by molar-refractivity contribution is 0.0373. The van der Waals surface area contributed by atoms with Crippen LogP contribution in [0.3, 0.4) is 0 Å². The number of hydrogen-bond acceptors (Lipinski definition) is 16. The van der Waals surface area contributed by atoms with Gasteiger partial charge in [-0.25, -0.2) is 19.2 Å². The average molecular weight is 1490 g/mol. The lowest BCUT2D eigenvalue weighted by atomic mass is 9.82. The van der Waals surface area contributed by atoms with Gasteiger partial charge in [-0.2, -0.15) is 0 Å². The largest absolute Gasteiger partial charge is 0.457 e. The lowest BCUT2D eigenvalue weighted by Gasteiger charge is -2.31. The summed E-state index contributed by atoms with van der Waals surface area (Å²) >= 11 is 0. The summed E-state index contributed by atoms with van der Waals surface area (Å²) in [5, 5.41) is 14.7. The number of benzene rings is 17. The number of fused-ring (bicyclic) bond motifs is 6. The molecule has 0 aromatic heterocycles. The van der Waals surface area contributed by atoms with Gasteiger partial charge in [-0.15, -0.1) is 0 Å². The van der Waals surface area contributed by atoms with E-state index in [1.54, 1.807) is 121 Å². The first-order valence-corrected chi connectivity index (χ1v) is 37.4. The van der Waals surface area contributed by atoms with Crippen LogP contribution in [-0.4, -0.2) is 116 Å². The fraction of sp³-hybridized carbons (Fsp3) is 0.106. The molecule has 6 aliphatic heterocycles. The van der Waals surface area contributed by atoms with Crippen molar-refractivity contribution < 1.29 is 76.5 Å². The second-order valence-corrected chi connectivity index (χ2v) is 30.7. The summed E-state index contributed by atoms with van der Waals surface area (Å²) in [7, 11) is 0. The molecule has 20 nitrogen and oxygen atoms in total. The van der Waals surface area contributed by atoms with E-state index < -0.39 is 47.5 Å². The standard InChI is InChI=1S/C94H52N4O16/c1-39(2)97-87(103)59-27-17-49-45-13-23-55-73-56(24-14-46(69(45)73)50-18-28-60(88(97)104)75(59)71(49)50)84(100)95(83(55)99)35-33-41-5-9-43(10-6-41)111-67-37-65-77-63(91(107)113-93(65)109)32-22-54-80-68(38-66-78-64(92(108)114-94(66)110)31-21-53(82(78)80)79(67)81(54)77)112-44-11-7-42(8-12-44)34-36-96-85(101)57-25-15-47-51-19-29-61-76-62(90(106)98(40(3)4)89(61)105)30-20-52(72(51)76)48-16-26-58(86(96)102)74(57)70(47)48/h5-32,37-40H,33-36H2,1-4H3. The van der Waals surface area contributed by atoms with Crippen molar-refractivity contribution in [2.75, 3.05) is 13.1 Å². The van der Waals surface area contributed by atoms with Gasteiger partial charge in [0.25, 0.3) is 47.3 Å². The highest BCUT2D eigenvalue weighted by Crippen LogP contribution is 2.55. The van der Waals surface area contributed by atoms with Crippen LogP contribution in [0, 0.1) is 0 Å². The zero-order chi connectivity index (χ0) is 77.5. The Balaban J connectivity index is 0.548. The van der Waals surface area contributed by atoms with Crippen LogP contribution in [0.5, 0.6) is 23.0 Å². The molecule has 0 spiro atoms. The van der Waals surface area contributed by atoms with Crippen LogP contribution < -0.4 is 9.47 Å². The molecule has 0 fully saturated rings. The Morgan fingerprint density at radius 2 is 0.482 bits per heavy atom. The van der Waals surface area contributed by atoms with E-state index in [4.69, 9.17) is 18.9 Å². The van der Waals surface area contributed by atoms with Gasteiger partial charge >= 0.3 is 23.9 Å². The molecule has 114 heavy (non-hydrogen) atoms. The van der Waals surface area contributed by atoms with E-state index in [1.807, 2.05) is 76.2 Å². The Morgan fingerprint density at radius 3 is 0.754 bits per heavy atom. The van der Waals surface area contributed by atoms with E-state index in [0.29, 0.717) is 110 Å². The van der Waals surface area contributed by atoms with Crippen LogP contribution in [0.1, 0.15) is 163 Å². The molecule has 17 aromatic rings. The summed E-state index contributed by atoms with van der Waals surface area (Å²) in [6, 6.07) is 51.9. The van der Waals surface area contributed by atoms with Crippen molar-refractivity contribution in [1.82, 2.24) is 19.6 Å². The van der Waals surface area contributed by atoms with E-state index in [0.717, 1.165) is 75.8 Å². The highest BCUT2D eigenvalue weighted by Gasteiger charge is 2.43. The summed E-state index contributed by atoms with van der Waals surface area (Å²) in [6.45, 7) is 7.27. The summed E-state index contributed by atoms with van der Waals surface area (Å²) in [4.78, 5) is 175. The summed E-state index contributed by atoms with van der Waals surface area (Å²) in [5.74, 6) is -5.92. The third kappa shape index (κ3) is 8.28. The quantitative estimate of drug-likeness (QED) is 0.0362. The number of carbonyl (C=O) groups excluding carboxylic acids is 12. The Kier molecular flexibility index (Phi) is 12.8. The molecule has 8 amide bonds. The van der Waals surface area contributed by atoms with E-state index in [1.165, 1.54) is 31.7 Å². The minimum absolute atomic E-state index is 0.0219. The normalized spacial score (nSPS) is 15.4. The van der Waals surface area contributed by atoms with Crippen molar-refractivity contribution in [3.8, 4) is 23.0 Å². The van der Waals surface area contributed by atoms with E-state index in [-0.39, 0.29) is 106 Å². The van der Waals surface area contributed by atoms with E-state index in [9.17, 15) is 57.5 Å². The van der Waals surface area contributed by atoms with Gasteiger partial charge in [0.2, 0.25) is 0 Å². The van der Waals surface area contributed by atoms with Crippen molar-refractivity contribution in [3.63, 3.8) is 0 Å². The lowest BCUT2D eigenvalue weighted by Crippen LogP contribution is -2.44. The molecule has 17 aromatic carbocycles.